The third kappa shape index (κ3) is 3.85. The van der Waals surface area contributed by atoms with Crippen LogP contribution in [0.5, 0.6) is 5.75 Å². The Balaban J connectivity index is 1.36. The Morgan fingerprint density at radius 2 is 2.04 bits per heavy atom. The molecule has 3 heterocycles. The van der Waals surface area contributed by atoms with Gasteiger partial charge in [0.05, 0.1) is 25.4 Å². The minimum Gasteiger partial charge on any atom is -0.487 e. The monoisotopic (exact) mass is 346 g/mol. The highest BCUT2D eigenvalue weighted by Crippen LogP contribution is 2.35. The number of benzene rings is 1. The van der Waals surface area contributed by atoms with Gasteiger partial charge in [-0.05, 0) is 50.6 Å². The van der Waals surface area contributed by atoms with Gasteiger partial charge < -0.3 is 14.6 Å². The Kier molecular flexibility index (Phi) is 4.75. The van der Waals surface area contributed by atoms with Crippen LogP contribution < -0.4 is 4.74 Å². The van der Waals surface area contributed by atoms with Crippen LogP contribution in [0, 0.1) is 0 Å². The topological polar surface area (TPSA) is 45.2 Å². The Hall–Kier alpha value is -1.14. The van der Waals surface area contributed by atoms with Crippen molar-refractivity contribution in [1.82, 2.24) is 9.80 Å². The number of hydrogen-bond acceptors (Lipinski definition) is 5. The lowest BCUT2D eigenvalue weighted by Gasteiger charge is -2.28. The van der Waals surface area contributed by atoms with Crippen LogP contribution >= 0.6 is 0 Å². The second kappa shape index (κ2) is 6.88. The van der Waals surface area contributed by atoms with Crippen molar-refractivity contribution in [1.29, 1.82) is 0 Å². The van der Waals surface area contributed by atoms with E-state index in [2.05, 4.69) is 41.8 Å². The Bertz CT molecular complexity index is 619. The standard InChI is InChI=1S/C20H30N2O3/c1-20(2)11-16-10-15(4-5-19(16)25-20)12-21-6-3-7-22(9-8-21)17-13-24-14-18(17)23/h4-5,10,17-18,23H,3,6-9,11-14H2,1-2H3/t17-,18-/m0/s1. The lowest BCUT2D eigenvalue weighted by molar-refractivity contribution is 0.0837. The first-order chi connectivity index (χ1) is 12.0. The smallest absolute Gasteiger partial charge is 0.123 e. The van der Waals surface area contributed by atoms with E-state index in [4.69, 9.17) is 9.47 Å². The molecule has 5 heteroatoms. The van der Waals surface area contributed by atoms with Gasteiger partial charge in [-0.15, -0.1) is 0 Å². The molecule has 0 aromatic heterocycles. The second-order valence-electron chi connectivity index (χ2n) is 8.32. The first-order valence-electron chi connectivity index (χ1n) is 9.53. The molecule has 2 atom stereocenters. The summed E-state index contributed by atoms with van der Waals surface area (Å²) in [5, 5.41) is 10.1. The average Bonchev–Trinajstić information content (AvgIpc) is 3.02. The van der Waals surface area contributed by atoms with Crippen molar-refractivity contribution in [3.05, 3.63) is 29.3 Å². The minimum atomic E-state index is -0.327. The highest BCUT2D eigenvalue weighted by Gasteiger charge is 2.33. The van der Waals surface area contributed by atoms with Crippen LogP contribution in [0.15, 0.2) is 18.2 Å². The van der Waals surface area contributed by atoms with Crippen molar-refractivity contribution in [2.24, 2.45) is 0 Å². The van der Waals surface area contributed by atoms with E-state index in [0.29, 0.717) is 13.2 Å². The molecule has 2 fully saturated rings. The number of aliphatic hydroxyl groups is 1. The quantitative estimate of drug-likeness (QED) is 0.902. The molecule has 1 N–H and O–H groups in total. The fourth-order valence-electron chi connectivity index (χ4n) is 4.38. The van der Waals surface area contributed by atoms with Crippen molar-refractivity contribution in [3.63, 3.8) is 0 Å². The van der Waals surface area contributed by atoms with Gasteiger partial charge in [-0.3, -0.25) is 9.80 Å². The highest BCUT2D eigenvalue weighted by atomic mass is 16.5. The van der Waals surface area contributed by atoms with E-state index in [1.165, 1.54) is 11.1 Å². The molecule has 138 valence electrons. The Morgan fingerprint density at radius 3 is 2.84 bits per heavy atom. The predicted octanol–water partition coefficient (Wildman–Crippen LogP) is 1.67. The zero-order valence-electron chi connectivity index (χ0n) is 15.4. The third-order valence-corrected chi connectivity index (χ3v) is 5.65. The second-order valence-corrected chi connectivity index (χ2v) is 8.32. The summed E-state index contributed by atoms with van der Waals surface area (Å²) in [5.74, 6) is 1.05. The zero-order valence-corrected chi connectivity index (χ0v) is 15.4. The van der Waals surface area contributed by atoms with E-state index in [1.54, 1.807) is 0 Å². The molecule has 5 nitrogen and oxygen atoms in total. The number of ether oxygens (including phenoxy) is 2. The maximum Gasteiger partial charge on any atom is 0.123 e. The molecule has 0 bridgehead atoms. The van der Waals surface area contributed by atoms with Crippen LogP contribution in [-0.4, -0.2) is 72.0 Å². The van der Waals surface area contributed by atoms with E-state index in [-0.39, 0.29) is 17.7 Å². The van der Waals surface area contributed by atoms with Crippen LogP contribution in [0.4, 0.5) is 0 Å². The maximum absolute atomic E-state index is 10.1. The van der Waals surface area contributed by atoms with Gasteiger partial charge in [-0.25, -0.2) is 0 Å². The molecule has 0 aliphatic carbocycles. The van der Waals surface area contributed by atoms with E-state index in [9.17, 15) is 5.11 Å². The van der Waals surface area contributed by atoms with Gasteiger partial charge in [-0.1, -0.05) is 12.1 Å². The number of aliphatic hydroxyl groups excluding tert-OH is 1. The molecule has 4 rings (SSSR count). The van der Waals surface area contributed by atoms with Gasteiger partial charge in [0.25, 0.3) is 0 Å². The minimum absolute atomic E-state index is 0.0751. The van der Waals surface area contributed by atoms with E-state index >= 15 is 0 Å². The molecular formula is C20H30N2O3. The van der Waals surface area contributed by atoms with E-state index < -0.39 is 0 Å². The summed E-state index contributed by atoms with van der Waals surface area (Å²) < 4.78 is 11.4. The van der Waals surface area contributed by atoms with Crippen LogP contribution in [0.1, 0.15) is 31.4 Å². The summed E-state index contributed by atoms with van der Waals surface area (Å²) in [5.41, 5.74) is 2.64. The first-order valence-corrected chi connectivity index (χ1v) is 9.53. The molecule has 0 radical (unpaired) electrons. The Labute approximate surface area is 150 Å². The molecule has 0 saturated carbocycles. The zero-order chi connectivity index (χ0) is 17.4. The number of rotatable bonds is 3. The van der Waals surface area contributed by atoms with Crippen molar-refractivity contribution in [2.75, 3.05) is 39.4 Å². The van der Waals surface area contributed by atoms with Crippen LogP contribution in [-0.2, 0) is 17.7 Å². The van der Waals surface area contributed by atoms with Crippen LogP contribution in [0.25, 0.3) is 0 Å². The first kappa shape index (κ1) is 17.3. The van der Waals surface area contributed by atoms with Crippen LogP contribution in [0.2, 0.25) is 0 Å². The van der Waals surface area contributed by atoms with Crippen molar-refractivity contribution in [3.8, 4) is 5.75 Å². The normalized spacial score (nSPS) is 30.0. The SMILES string of the molecule is CC1(C)Cc2cc(CN3CCCN([C@H]4COC[C@@H]4O)CC3)ccc2O1. The molecular weight excluding hydrogens is 316 g/mol. The molecule has 0 unspecified atom stereocenters. The predicted molar refractivity (Wildman–Crippen MR) is 96.9 cm³/mol. The summed E-state index contributed by atoms with van der Waals surface area (Å²) in [4.78, 5) is 4.95. The molecule has 0 amide bonds. The molecule has 1 aromatic carbocycles. The molecule has 0 spiro atoms. The fraction of sp³-hybridized carbons (Fsp3) is 0.700. The molecule has 1 aromatic rings. The van der Waals surface area contributed by atoms with Gasteiger partial charge in [0.1, 0.15) is 11.4 Å². The summed E-state index contributed by atoms with van der Waals surface area (Å²) in [6, 6.07) is 6.84. The number of fused-ring (bicyclic) bond motifs is 1. The van der Waals surface area contributed by atoms with Gasteiger partial charge in [0, 0.05) is 26.1 Å². The largest absolute Gasteiger partial charge is 0.487 e. The lowest BCUT2D eigenvalue weighted by atomic mass is 10.00. The third-order valence-electron chi connectivity index (χ3n) is 5.65. The lowest BCUT2D eigenvalue weighted by Crippen LogP contribution is -2.44. The summed E-state index contributed by atoms with van der Waals surface area (Å²) >= 11 is 0. The molecule has 3 aliphatic heterocycles. The number of hydrogen-bond donors (Lipinski definition) is 1. The van der Waals surface area contributed by atoms with Crippen molar-refractivity contribution < 1.29 is 14.6 Å². The fourth-order valence-corrected chi connectivity index (χ4v) is 4.38. The Morgan fingerprint density at radius 1 is 1.16 bits per heavy atom. The van der Waals surface area contributed by atoms with Gasteiger partial charge in [-0.2, -0.15) is 0 Å². The van der Waals surface area contributed by atoms with Gasteiger partial charge in [0.2, 0.25) is 0 Å². The maximum atomic E-state index is 10.1. The molecule has 3 aliphatic rings. The highest BCUT2D eigenvalue weighted by molar-refractivity contribution is 5.41. The summed E-state index contributed by atoms with van der Waals surface area (Å²) in [6.45, 7) is 10.7. The van der Waals surface area contributed by atoms with E-state index in [1.807, 2.05) is 0 Å². The molecule has 25 heavy (non-hydrogen) atoms. The number of nitrogens with zero attached hydrogens (tertiary/aromatic N) is 2. The average molecular weight is 346 g/mol. The van der Waals surface area contributed by atoms with Crippen LogP contribution in [0.3, 0.4) is 0 Å². The molecule has 2 saturated heterocycles. The van der Waals surface area contributed by atoms with Gasteiger partial charge in [0.15, 0.2) is 0 Å². The summed E-state index contributed by atoms with van der Waals surface area (Å²) in [7, 11) is 0. The van der Waals surface area contributed by atoms with Crippen molar-refractivity contribution in [2.45, 2.75) is 51.0 Å². The summed E-state index contributed by atoms with van der Waals surface area (Å²) in [6.07, 6.45) is 1.81. The van der Waals surface area contributed by atoms with E-state index in [0.717, 1.165) is 51.3 Å². The van der Waals surface area contributed by atoms with Gasteiger partial charge >= 0.3 is 0 Å². The van der Waals surface area contributed by atoms with Crippen molar-refractivity contribution >= 4 is 0 Å².